The Balaban J connectivity index is 1.65. The number of nitrogens with zero attached hydrogens (tertiary/aromatic N) is 3. The van der Waals surface area contributed by atoms with Crippen molar-refractivity contribution in [3.05, 3.63) is 35.8 Å². The summed E-state index contributed by atoms with van der Waals surface area (Å²) in [5.74, 6) is -0.0436. The van der Waals surface area contributed by atoms with Crippen molar-refractivity contribution in [2.24, 2.45) is 5.92 Å². The van der Waals surface area contributed by atoms with Gasteiger partial charge >= 0.3 is 6.18 Å². The van der Waals surface area contributed by atoms with Crippen molar-refractivity contribution in [1.82, 2.24) is 14.9 Å². The summed E-state index contributed by atoms with van der Waals surface area (Å²) in [6.07, 6.45) is 0.129. The van der Waals surface area contributed by atoms with E-state index in [2.05, 4.69) is 15.3 Å². The number of pyridine rings is 2. The first kappa shape index (κ1) is 25.4. The van der Waals surface area contributed by atoms with Crippen LogP contribution in [-0.2, 0) is 0 Å². The minimum absolute atomic E-state index is 0.0541. The number of piperidine rings is 1. The number of amides is 1. The highest BCUT2D eigenvalue weighted by Crippen LogP contribution is 2.36. The highest BCUT2D eigenvalue weighted by Gasteiger charge is 2.36. The second kappa shape index (κ2) is 10.8. The number of ether oxygens (including phenoxy) is 3. The topological polar surface area (TPSA) is 85.8 Å². The Labute approximate surface area is 196 Å². The van der Waals surface area contributed by atoms with Crippen LogP contribution in [0.5, 0.6) is 17.2 Å². The summed E-state index contributed by atoms with van der Waals surface area (Å²) in [6, 6.07) is 3.24. The molecule has 2 aromatic heterocycles. The summed E-state index contributed by atoms with van der Waals surface area (Å²) >= 11 is 0. The standard InChI is InChI=1S/C23H29F3N4O4/c1-14(23(24,25)26)13-34-20-12-28-17(9-19(20)33-4)22(31)30-7-5-15(6-8-30)16-11-29-21(27-2)10-18(16)32-3/h9-12,14-15H,5-8,13H2,1-4H3,(H,27,29). The number of hydrogen-bond donors (Lipinski definition) is 1. The van der Waals surface area contributed by atoms with E-state index in [1.807, 2.05) is 6.07 Å². The molecule has 1 aliphatic heterocycles. The van der Waals surface area contributed by atoms with Gasteiger partial charge in [-0.15, -0.1) is 0 Å². The van der Waals surface area contributed by atoms with Crippen LogP contribution < -0.4 is 19.5 Å². The van der Waals surface area contributed by atoms with Gasteiger partial charge in [0.2, 0.25) is 0 Å². The SMILES string of the molecule is CNc1cc(OC)c(C2CCN(C(=O)c3cc(OC)c(OCC(C)C(F)(F)F)cn3)CC2)cn1. The van der Waals surface area contributed by atoms with Gasteiger partial charge in [0.1, 0.15) is 17.3 Å². The van der Waals surface area contributed by atoms with Crippen LogP contribution in [0.3, 0.4) is 0 Å². The minimum Gasteiger partial charge on any atom is -0.496 e. The Morgan fingerprint density at radius 2 is 1.79 bits per heavy atom. The number of carbonyl (C=O) groups is 1. The van der Waals surface area contributed by atoms with Crippen LogP contribution in [0.15, 0.2) is 24.5 Å². The van der Waals surface area contributed by atoms with Crippen molar-refractivity contribution in [2.75, 3.05) is 46.3 Å². The fraction of sp³-hybridized carbons (Fsp3) is 0.522. The second-order valence-corrected chi connectivity index (χ2v) is 8.10. The lowest BCUT2D eigenvalue weighted by molar-refractivity contribution is -0.176. The molecule has 0 aromatic carbocycles. The zero-order chi connectivity index (χ0) is 24.9. The highest BCUT2D eigenvalue weighted by molar-refractivity contribution is 5.93. The summed E-state index contributed by atoms with van der Waals surface area (Å²) in [6.45, 7) is 1.50. The van der Waals surface area contributed by atoms with E-state index in [9.17, 15) is 18.0 Å². The monoisotopic (exact) mass is 482 g/mol. The number of likely N-dealkylation sites (tertiary alicyclic amines) is 1. The number of methoxy groups -OCH3 is 2. The van der Waals surface area contributed by atoms with Crippen LogP contribution in [0.2, 0.25) is 0 Å². The van der Waals surface area contributed by atoms with Gasteiger partial charge in [0.15, 0.2) is 11.5 Å². The molecule has 3 heterocycles. The van der Waals surface area contributed by atoms with Crippen molar-refractivity contribution >= 4 is 11.7 Å². The van der Waals surface area contributed by atoms with Crippen molar-refractivity contribution in [2.45, 2.75) is 31.9 Å². The number of aromatic nitrogens is 2. The predicted octanol–water partition coefficient (Wildman–Crippen LogP) is 4.13. The first-order valence-electron chi connectivity index (χ1n) is 10.9. The average molecular weight is 483 g/mol. The molecule has 0 aliphatic carbocycles. The first-order chi connectivity index (χ1) is 16.2. The molecule has 34 heavy (non-hydrogen) atoms. The normalized spacial score (nSPS) is 15.6. The van der Waals surface area contributed by atoms with Crippen LogP contribution in [0.1, 0.15) is 41.7 Å². The maximum atomic E-state index is 13.0. The van der Waals surface area contributed by atoms with Gasteiger partial charge < -0.3 is 24.4 Å². The molecule has 0 bridgehead atoms. The van der Waals surface area contributed by atoms with Crippen molar-refractivity contribution in [3.8, 4) is 17.2 Å². The van der Waals surface area contributed by atoms with Gasteiger partial charge in [-0.05, 0) is 18.8 Å². The van der Waals surface area contributed by atoms with Crippen LogP contribution in [0.25, 0.3) is 0 Å². The van der Waals surface area contributed by atoms with Gasteiger partial charge in [-0.25, -0.2) is 9.97 Å². The summed E-state index contributed by atoms with van der Waals surface area (Å²) < 4.78 is 54.2. The zero-order valence-electron chi connectivity index (χ0n) is 19.6. The van der Waals surface area contributed by atoms with Crippen molar-refractivity contribution in [1.29, 1.82) is 0 Å². The molecular formula is C23H29F3N4O4. The third-order valence-corrected chi connectivity index (χ3v) is 5.91. The van der Waals surface area contributed by atoms with Crippen LogP contribution in [0, 0.1) is 5.92 Å². The molecule has 0 spiro atoms. The number of carbonyl (C=O) groups excluding carboxylic acids is 1. The molecule has 8 nitrogen and oxygen atoms in total. The van der Waals surface area contributed by atoms with Crippen molar-refractivity contribution in [3.63, 3.8) is 0 Å². The Kier molecular flexibility index (Phi) is 8.06. The molecule has 2 aromatic rings. The first-order valence-corrected chi connectivity index (χ1v) is 10.9. The van der Waals surface area contributed by atoms with Crippen LogP contribution in [0.4, 0.5) is 19.0 Å². The number of anilines is 1. The molecule has 11 heteroatoms. The predicted molar refractivity (Wildman–Crippen MR) is 120 cm³/mol. The molecule has 0 saturated carbocycles. The lowest BCUT2D eigenvalue weighted by Crippen LogP contribution is -2.38. The van der Waals surface area contributed by atoms with Crippen LogP contribution in [-0.4, -0.2) is 67.9 Å². The van der Waals surface area contributed by atoms with E-state index in [4.69, 9.17) is 14.2 Å². The minimum atomic E-state index is -4.36. The number of nitrogens with one attached hydrogen (secondary N) is 1. The van der Waals surface area contributed by atoms with E-state index in [0.29, 0.717) is 18.9 Å². The average Bonchev–Trinajstić information content (AvgIpc) is 2.85. The van der Waals surface area contributed by atoms with Gasteiger partial charge in [0.05, 0.1) is 32.9 Å². The van der Waals surface area contributed by atoms with E-state index in [1.54, 1.807) is 25.3 Å². The fourth-order valence-electron chi connectivity index (χ4n) is 3.74. The molecular weight excluding hydrogens is 453 g/mol. The van der Waals surface area contributed by atoms with Gasteiger partial charge in [0.25, 0.3) is 5.91 Å². The molecule has 1 atom stereocenters. The Morgan fingerprint density at radius 3 is 2.38 bits per heavy atom. The molecule has 3 rings (SSSR count). The summed E-state index contributed by atoms with van der Waals surface area (Å²) in [5.41, 5.74) is 1.15. The van der Waals surface area contributed by atoms with E-state index < -0.39 is 18.7 Å². The van der Waals surface area contributed by atoms with Crippen molar-refractivity contribution < 1.29 is 32.2 Å². The zero-order valence-corrected chi connectivity index (χ0v) is 19.6. The van der Waals surface area contributed by atoms with E-state index in [1.165, 1.54) is 19.4 Å². The molecule has 1 unspecified atom stereocenters. The smallest absolute Gasteiger partial charge is 0.394 e. The second-order valence-electron chi connectivity index (χ2n) is 8.10. The summed E-state index contributed by atoms with van der Waals surface area (Å²) in [5, 5.41) is 2.99. The molecule has 1 fully saturated rings. The Morgan fingerprint density at radius 1 is 1.12 bits per heavy atom. The molecule has 0 radical (unpaired) electrons. The van der Waals surface area contributed by atoms with Gasteiger partial charge in [-0.1, -0.05) is 6.92 Å². The van der Waals surface area contributed by atoms with E-state index in [-0.39, 0.29) is 29.0 Å². The maximum absolute atomic E-state index is 13.0. The van der Waals surface area contributed by atoms with Gasteiger partial charge in [-0.2, -0.15) is 13.2 Å². The Bertz CT molecular complexity index is 995. The number of rotatable bonds is 8. The van der Waals surface area contributed by atoms with E-state index in [0.717, 1.165) is 31.1 Å². The summed E-state index contributed by atoms with van der Waals surface area (Å²) in [4.78, 5) is 23.2. The number of alkyl halides is 3. The van der Waals surface area contributed by atoms with Crippen LogP contribution >= 0.6 is 0 Å². The largest absolute Gasteiger partial charge is 0.496 e. The third kappa shape index (κ3) is 5.81. The van der Waals surface area contributed by atoms with E-state index >= 15 is 0 Å². The maximum Gasteiger partial charge on any atom is 0.394 e. The molecule has 1 saturated heterocycles. The molecule has 1 aliphatic rings. The fourth-order valence-corrected chi connectivity index (χ4v) is 3.74. The number of halogens is 3. The highest BCUT2D eigenvalue weighted by atomic mass is 19.4. The third-order valence-electron chi connectivity index (χ3n) is 5.91. The summed E-state index contributed by atoms with van der Waals surface area (Å²) in [7, 11) is 4.76. The molecule has 1 amide bonds. The molecule has 1 N–H and O–H groups in total. The Hall–Kier alpha value is -3.24. The lowest BCUT2D eigenvalue weighted by Gasteiger charge is -2.32. The molecule has 186 valence electrons. The van der Waals surface area contributed by atoms with Gasteiger partial charge in [0, 0.05) is 44.0 Å². The lowest BCUT2D eigenvalue weighted by atomic mass is 9.89. The van der Waals surface area contributed by atoms with Gasteiger partial charge in [-0.3, -0.25) is 4.79 Å². The quantitative estimate of drug-likeness (QED) is 0.606. The number of hydrogen-bond acceptors (Lipinski definition) is 7.